The van der Waals surface area contributed by atoms with Gasteiger partial charge in [0.15, 0.2) is 5.60 Å². The maximum absolute atomic E-state index is 15.4. The average molecular weight is 1060 g/mol. The fraction of sp³-hybridized carbons (Fsp3) is 0.607. The number of allylic oxidation sites excluding steroid dienone is 1. The normalized spacial score (nSPS) is 17.9. The third-order valence-corrected chi connectivity index (χ3v) is 14.6. The van der Waals surface area contributed by atoms with E-state index in [1.165, 1.54) is 23.0 Å². The molecule has 0 bridgehead atoms. The molecule has 76 heavy (non-hydrogen) atoms. The molecule has 19 nitrogen and oxygen atoms in total. The Morgan fingerprint density at radius 3 is 2.46 bits per heavy atom. The van der Waals surface area contributed by atoms with Crippen molar-refractivity contribution < 1.29 is 57.6 Å². The van der Waals surface area contributed by atoms with Crippen molar-refractivity contribution in [2.24, 2.45) is 0 Å². The van der Waals surface area contributed by atoms with Crippen molar-refractivity contribution in [3.63, 3.8) is 0 Å². The van der Waals surface area contributed by atoms with Crippen LogP contribution in [-0.2, 0) is 63.4 Å². The summed E-state index contributed by atoms with van der Waals surface area (Å²) >= 11 is 0. The van der Waals surface area contributed by atoms with E-state index in [0.717, 1.165) is 18.4 Å². The first-order chi connectivity index (χ1) is 36.0. The van der Waals surface area contributed by atoms with E-state index in [0.29, 0.717) is 110 Å². The van der Waals surface area contributed by atoms with E-state index in [1.54, 1.807) is 19.9 Å². The molecule has 2 aliphatic heterocycles. The van der Waals surface area contributed by atoms with Crippen LogP contribution in [0.4, 0.5) is 9.18 Å². The topological polar surface area (TPSA) is 266 Å². The molecule has 0 fully saturated rings. The van der Waals surface area contributed by atoms with E-state index < -0.39 is 58.2 Å². The molecule has 4 heterocycles. The Morgan fingerprint density at radius 1 is 1.00 bits per heavy atom. The molecule has 1 aliphatic carbocycles. The summed E-state index contributed by atoms with van der Waals surface area (Å²) in [6.07, 6.45) is 8.36. The Balaban J connectivity index is 1.04. The highest BCUT2D eigenvalue weighted by molar-refractivity contribution is 5.94. The standard InChI is InChI=1S/C56H78FN7O12/c1-9-22-55(72,50(69)59-26-16-13-18-41(60-44(66)19-12-11-15-25-58-33-65)48(67)63-54(7,8)24-28-76-53(4,5)6)23-14-17-27-74-52(71)62-40-21-20-35-34(3)39(57)30-42-45(35)46(40)36-31-64-43(47(36)61-42)29-38-37(49(64)68)32-75-51(70)56(38,73)10-2/h17,27,29-30,33,40-41,72-73H,9-16,18-26,28,31-32H2,1-8H3,(H,58,65)(H,59,69)(H,60,66)(H,62,71)(H,63,67)/b27-17+/t40?,41?,55-,56+/m1/s1. The number of carbonyl (C=O) groups is 6. The monoisotopic (exact) mass is 1060 g/mol. The number of alkyl carbamates (subject to hydrolysis) is 1. The Kier molecular flexibility index (Phi) is 19.6. The van der Waals surface area contributed by atoms with Gasteiger partial charge in [-0.25, -0.2) is 19.0 Å². The molecule has 3 aromatic rings. The van der Waals surface area contributed by atoms with E-state index in [1.807, 2.05) is 41.5 Å². The van der Waals surface area contributed by atoms with Gasteiger partial charge < -0.3 is 55.6 Å². The van der Waals surface area contributed by atoms with Crippen molar-refractivity contribution in [2.75, 3.05) is 19.7 Å². The number of benzene rings is 1. The van der Waals surface area contributed by atoms with Gasteiger partial charge in [-0.3, -0.25) is 24.0 Å². The number of ether oxygens (including phenoxy) is 3. The highest BCUT2D eigenvalue weighted by atomic mass is 19.1. The Labute approximate surface area is 443 Å². The first-order valence-corrected chi connectivity index (χ1v) is 26.8. The summed E-state index contributed by atoms with van der Waals surface area (Å²) < 4.78 is 33.5. The van der Waals surface area contributed by atoms with Crippen LogP contribution in [0.3, 0.4) is 0 Å². The first kappa shape index (κ1) is 59.0. The average Bonchev–Trinajstić information content (AvgIpc) is 3.77. The predicted molar refractivity (Wildman–Crippen MR) is 282 cm³/mol. The third kappa shape index (κ3) is 14.0. The third-order valence-electron chi connectivity index (χ3n) is 14.6. The molecule has 0 saturated carbocycles. The molecular formula is C56H78FN7O12. The van der Waals surface area contributed by atoms with Crippen molar-refractivity contribution in [3.8, 4) is 11.4 Å². The summed E-state index contributed by atoms with van der Waals surface area (Å²) in [5.41, 5.74) is -1.29. The number of fused-ring (bicyclic) bond motifs is 5. The minimum Gasteiger partial charge on any atom is -0.458 e. The van der Waals surface area contributed by atoms with E-state index in [-0.39, 0.29) is 80.3 Å². The second kappa shape index (κ2) is 25.3. The second-order valence-corrected chi connectivity index (χ2v) is 22.0. The van der Waals surface area contributed by atoms with Crippen LogP contribution in [0.15, 0.2) is 29.3 Å². The lowest BCUT2D eigenvalue weighted by Gasteiger charge is -2.31. The number of amides is 5. The molecule has 3 aliphatic rings. The summed E-state index contributed by atoms with van der Waals surface area (Å²) in [6.45, 7) is 15.8. The van der Waals surface area contributed by atoms with Gasteiger partial charge in [0.1, 0.15) is 24.1 Å². The van der Waals surface area contributed by atoms with Gasteiger partial charge in [-0.1, -0.05) is 26.7 Å². The number of hydrogen-bond acceptors (Lipinski definition) is 13. The molecule has 4 atom stereocenters. The van der Waals surface area contributed by atoms with E-state index >= 15 is 4.39 Å². The van der Waals surface area contributed by atoms with Gasteiger partial charge in [0, 0.05) is 54.2 Å². The van der Waals surface area contributed by atoms with Crippen molar-refractivity contribution in [2.45, 2.75) is 199 Å². The summed E-state index contributed by atoms with van der Waals surface area (Å²) in [4.78, 5) is 95.7. The SMILES string of the molecule is CCC[C@@](O)(CC/C=C/OC(=O)NC1CCc2c(C)c(F)cc3nc4c(c1c23)Cn1c-4cc2c(c1=O)COC(=O)[C@]2(O)CC)C(=O)NCCCCC(NC(=O)CCCCCNC=O)C(=O)NC(C)(C)CCOC(C)(C)C. The number of cyclic esters (lactones) is 1. The number of aromatic nitrogens is 2. The van der Waals surface area contributed by atoms with Gasteiger partial charge in [0.2, 0.25) is 18.2 Å². The number of hydrogen-bond donors (Lipinski definition) is 7. The summed E-state index contributed by atoms with van der Waals surface area (Å²) in [5, 5.41) is 38.0. The summed E-state index contributed by atoms with van der Waals surface area (Å²) in [7, 11) is 0. The van der Waals surface area contributed by atoms with E-state index in [2.05, 4.69) is 26.6 Å². The van der Waals surface area contributed by atoms with Crippen LogP contribution in [0.5, 0.6) is 0 Å². The second-order valence-electron chi connectivity index (χ2n) is 22.0. The summed E-state index contributed by atoms with van der Waals surface area (Å²) in [6, 6.07) is 1.47. The number of pyridine rings is 2. The van der Waals surface area contributed by atoms with Crippen molar-refractivity contribution in [1.82, 2.24) is 36.1 Å². The number of carbonyl (C=O) groups excluding carboxylic acids is 6. The van der Waals surface area contributed by atoms with Gasteiger partial charge in [-0.15, -0.1) is 0 Å². The smallest absolute Gasteiger partial charge is 0.412 e. The van der Waals surface area contributed by atoms with Crippen LogP contribution in [-0.4, -0.2) is 98.4 Å². The fourth-order valence-corrected chi connectivity index (χ4v) is 10.4. The van der Waals surface area contributed by atoms with Crippen molar-refractivity contribution in [3.05, 3.63) is 74.0 Å². The van der Waals surface area contributed by atoms with Crippen LogP contribution < -0.4 is 32.1 Å². The van der Waals surface area contributed by atoms with Crippen molar-refractivity contribution in [1.29, 1.82) is 0 Å². The number of aryl methyl sites for hydroxylation is 1. The number of aliphatic hydroxyl groups is 2. The molecule has 2 unspecified atom stereocenters. The van der Waals surface area contributed by atoms with Crippen LogP contribution in [0.1, 0.15) is 178 Å². The Bertz CT molecular complexity index is 2750. The van der Waals surface area contributed by atoms with E-state index in [9.17, 15) is 43.8 Å². The largest absolute Gasteiger partial charge is 0.458 e. The minimum absolute atomic E-state index is 0.0301. The molecule has 7 N–H and O–H groups in total. The Morgan fingerprint density at radius 2 is 1.75 bits per heavy atom. The highest BCUT2D eigenvalue weighted by Crippen LogP contribution is 2.46. The molecule has 0 saturated heterocycles. The quantitative estimate of drug-likeness (QED) is 0.0151. The molecule has 2 aromatic heterocycles. The molecular weight excluding hydrogens is 982 g/mol. The number of halogens is 1. The molecule has 6 rings (SSSR count). The first-order valence-electron chi connectivity index (χ1n) is 26.8. The number of esters is 1. The zero-order valence-electron chi connectivity index (χ0n) is 45.4. The fourth-order valence-electron chi connectivity index (χ4n) is 10.4. The van der Waals surface area contributed by atoms with Gasteiger partial charge in [0.25, 0.3) is 11.5 Å². The van der Waals surface area contributed by atoms with Crippen LogP contribution >= 0.6 is 0 Å². The molecule has 1 aromatic carbocycles. The van der Waals surface area contributed by atoms with Gasteiger partial charge in [-0.05, 0) is 147 Å². The lowest BCUT2D eigenvalue weighted by atomic mass is 9.81. The Hall–Kier alpha value is -6.25. The zero-order chi connectivity index (χ0) is 55.6. The van der Waals surface area contributed by atoms with Gasteiger partial charge in [-0.2, -0.15) is 0 Å². The van der Waals surface area contributed by atoms with Gasteiger partial charge >= 0.3 is 12.1 Å². The molecule has 416 valence electrons. The maximum Gasteiger partial charge on any atom is 0.412 e. The van der Waals surface area contributed by atoms with Crippen molar-refractivity contribution >= 4 is 47.1 Å². The number of nitrogens with zero attached hydrogens (tertiary/aromatic N) is 2. The molecule has 0 spiro atoms. The zero-order valence-corrected chi connectivity index (χ0v) is 45.4. The number of nitrogens with one attached hydrogen (secondary N) is 5. The molecule has 5 amide bonds. The van der Waals surface area contributed by atoms with Crippen LogP contribution in [0, 0.1) is 12.7 Å². The van der Waals surface area contributed by atoms with Crippen LogP contribution in [0.2, 0.25) is 0 Å². The minimum atomic E-state index is -2.04. The maximum atomic E-state index is 15.4. The number of rotatable bonds is 27. The summed E-state index contributed by atoms with van der Waals surface area (Å²) in [5.74, 6) is -2.43. The molecule has 20 heteroatoms. The van der Waals surface area contributed by atoms with E-state index in [4.69, 9.17) is 19.2 Å². The van der Waals surface area contributed by atoms with Gasteiger partial charge in [0.05, 0.1) is 46.9 Å². The number of unbranched alkanes of at least 4 members (excludes halogenated alkanes) is 3. The lowest BCUT2D eigenvalue weighted by molar-refractivity contribution is -0.172. The molecule has 0 radical (unpaired) electrons. The highest BCUT2D eigenvalue weighted by Gasteiger charge is 2.46. The lowest BCUT2D eigenvalue weighted by Crippen LogP contribution is -2.53. The predicted octanol–water partition coefficient (Wildman–Crippen LogP) is 6.24. The van der Waals surface area contributed by atoms with Crippen LogP contribution in [0.25, 0.3) is 22.3 Å².